The Bertz CT molecular complexity index is 160. The molecule has 1 aromatic rings. The second-order valence-corrected chi connectivity index (χ2v) is 2.49. The fourth-order valence-electron chi connectivity index (χ4n) is 0.657. The first-order chi connectivity index (χ1) is 4.34. The molecule has 0 saturated heterocycles. The van der Waals surface area contributed by atoms with E-state index in [-0.39, 0.29) is 5.37 Å². The first-order valence-corrected chi connectivity index (χ1v) is 3.51. The van der Waals surface area contributed by atoms with Crippen LogP contribution in [0.1, 0.15) is 18.7 Å². The molecule has 1 rings (SSSR count). The fourth-order valence-corrected chi connectivity index (χ4v) is 0.793. The van der Waals surface area contributed by atoms with Crippen LogP contribution < -0.4 is 0 Å². The van der Waals surface area contributed by atoms with Crippen molar-refractivity contribution < 1.29 is 0 Å². The van der Waals surface area contributed by atoms with E-state index < -0.39 is 0 Å². The van der Waals surface area contributed by atoms with Gasteiger partial charge in [0.05, 0.1) is 11.7 Å². The average Bonchev–Trinajstić information content (AvgIpc) is 2.37. The van der Waals surface area contributed by atoms with E-state index in [4.69, 9.17) is 0 Å². The van der Waals surface area contributed by atoms with Crippen LogP contribution in [0.15, 0.2) is 18.7 Å². The summed E-state index contributed by atoms with van der Waals surface area (Å²) in [6, 6.07) is 0. The van der Waals surface area contributed by atoms with Gasteiger partial charge >= 0.3 is 0 Å². The molecule has 0 aliphatic rings. The Morgan fingerprint density at radius 2 is 2.56 bits per heavy atom. The Morgan fingerprint density at radius 1 is 1.78 bits per heavy atom. The van der Waals surface area contributed by atoms with Crippen LogP contribution in [-0.2, 0) is 0 Å². The van der Waals surface area contributed by atoms with Crippen LogP contribution >= 0.6 is 12.6 Å². The maximum Gasteiger partial charge on any atom is 0.0955 e. The molecule has 0 N–H and O–H groups in total. The second kappa shape index (κ2) is 2.92. The highest BCUT2D eigenvalue weighted by Gasteiger charge is 1.97. The molecule has 0 bridgehead atoms. The highest BCUT2D eigenvalue weighted by Crippen LogP contribution is 2.13. The van der Waals surface area contributed by atoms with Crippen molar-refractivity contribution >= 4 is 12.6 Å². The highest BCUT2D eigenvalue weighted by molar-refractivity contribution is 7.80. The maximum atomic E-state index is 4.31. The van der Waals surface area contributed by atoms with E-state index in [1.165, 1.54) is 0 Å². The maximum absolute atomic E-state index is 4.31. The van der Waals surface area contributed by atoms with Crippen LogP contribution in [0.3, 0.4) is 0 Å². The summed E-state index contributed by atoms with van der Waals surface area (Å²) >= 11 is 4.31. The van der Waals surface area contributed by atoms with Crippen LogP contribution in [0.5, 0.6) is 0 Å². The first kappa shape index (κ1) is 6.68. The standard InChI is InChI=1S/C6H10N2S/c1-2-6(9)8-4-3-7-5-8/h3-6,9H,2H2,1H3. The fraction of sp³-hybridized carbons (Fsp3) is 0.500. The molecule has 9 heavy (non-hydrogen) atoms. The first-order valence-electron chi connectivity index (χ1n) is 3.00. The zero-order valence-corrected chi connectivity index (χ0v) is 6.25. The van der Waals surface area contributed by atoms with Gasteiger partial charge in [-0.3, -0.25) is 0 Å². The van der Waals surface area contributed by atoms with E-state index in [0.717, 1.165) is 6.42 Å². The summed E-state index contributed by atoms with van der Waals surface area (Å²) in [5.41, 5.74) is 0. The molecule has 1 heterocycles. The van der Waals surface area contributed by atoms with Crippen molar-refractivity contribution in [3.05, 3.63) is 18.7 Å². The van der Waals surface area contributed by atoms with Gasteiger partial charge in [-0.25, -0.2) is 4.98 Å². The molecule has 1 unspecified atom stereocenters. The quantitative estimate of drug-likeness (QED) is 0.622. The third-order valence-electron chi connectivity index (χ3n) is 1.23. The summed E-state index contributed by atoms with van der Waals surface area (Å²) in [6.07, 6.45) is 6.49. The molecule has 3 heteroatoms. The second-order valence-electron chi connectivity index (χ2n) is 1.90. The summed E-state index contributed by atoms with van der Waals surface area (Å²) in [4.78, 5) is 3.91. The number of rotatable bonds is 2. The molecule has 0 spiro atoms. The lowest BCUT2D eigenvalue weighted by Gasteiger charge is -2.06. The zero-order chi connectivity index (χ0) is 6.69. The van der Waals surface area contributed by atoms with Gasteiger partial charge in [-0.05, 0) is 6.42 Å². The lowest BCUT2D eigenvalue weighted by Crippen LogP contribution is -1.96. The molecule has 1 atom stereocenters. The molecular formula is C6H10N2S. The van der Waals surface area contributed by atoms with Gasteiger partial charge < -0.3 is 4.57 Å². The Balaban J connectivity index is 2.65. The van der Waals surface area contributed by atoms with Crippen LogP contribution in [0.25, 0.3) is 0 Å². The van der Waals surface area contributed by atoms with E-state index in [1.807, 2.05) is 10.8 Å². The van der Waals surface area contributed by atoms with Crippen molar-refractivity contribution in [2.24, 2.45) is 0 Å². The minimum absolute atomic E-state index is 0.285. The van der Waals surface area contributed by atoms with Crippen molar-refractivity contribution in [1.29, 1.82) is 0 Å². The highest BCUT2D eigenvalue weighted by atomic mass is 32.1. The summed E-state index contributed by atoms with van der Waals surface area (Å²) in [5, 5.41) is 0.285. The van der Waals surface area contributed by atoms with Crippen LogP contribution in [-0.4, -0.2) is 9.55 Å². The zero-order valence-electron chi connectivity index (χ0n) is 5.36. The van der Waals surface area contributed by atoms with Gasteiger partial charge in [0.15, 0.2) is 0 Å². The van der Waals surface area contributed by atoms with E-state index in [2.05, 4.69) is 24.5 Å². The lowest BCUT2D eigenvalue weighted by molar-refractivity contribution is 0.662. The summed E-state index contributed by atoms with van der Waals surface area (Å²) in [5.74, 6) is 0. The number of thiol groups is 1. The van der Waals surface area contributed by atoms with Gasteiger partial charge in [-0.15, -0.1) is 0 Å². The summed E-state index contributed by atoms with van der Waals surface area (Å²) < 4.78 is 1.98. The van der Waals surface area contributed by atoms with Gasteiger partial charge in [0.2, 0.25) is 0 Å². The smallest absolute Gasteiger partial charge is 0.0955 e. The molecule has 2 nitrogen and oxygen atoms in total. The monoisotopic (exact) mass is 142 g/mol. The van der Waals surface area contributed by atoms with Crippen LogP contribution in [0.4, 0.5) is 0 Å². The molecule has 0 aromatic carbocycles. The Labute approximate surface area is 60.3 Å². The predicted molar refractivity (Wildman–Crippen MR) is 40.5 cm³/mol. The Kier molecular flexibility index (Phi) is 2.16. The molecule has 0 radical (unpaired) electrons. The Hall–Kier alpha value is -0.440. The van der Waals surface area contributed by atoms with E-state index in [1.54, 1.807) is 12.5 Å². The lowest BCUT2D eigenvalue weighted by atomic mass is 10.5. The van der Waals surface area contributed by atoms with Gasteiger partial charge in [0.1, 0.15) is 0 Å². The van der Waals surface area contributed by atoms with E-state index in [0.29, 0.717) is 0 Å². The van der Waals surface area contributed by atoms with Crippen molar-refractivity contribution in [3.63, 3.8) is 0 Å². The SMILES string of the molecule is CCC(S)n1ccnc1. The minimum Gasteiger partial charge on any atom is -0.325 e. The normalized spacial score (nSPS) is 13.6. The molecule has 0 aliphatic heterocycles. The van der Waals surface area contributed by atoms with Crippen molar-refractivity contribution in [2.75, 3.05) is 0 Å². The number of imidazole rings is 1. The van der Waals surface area contributed by atoms with Gasteiger partial charge in [-0.1, -0.05) is 6.92 Å². The molecule has 50 valence electrons. The average molecular weight is 142 g/mol. The minimum atomic E-state index is 0.285. The summed E-state index contributed by atoms with van der Waals surface area (Å²) in [6.45, 7) is 2.09. The molecule has 0 aliphatic carbocycles. The van der Waals surface area contributed by atoms with Crippen molar-refractivity contribution in [3.8, 4) is 0 Å². The Morgan fingerprint density at radius 3 is 3.00 bits per heavy atom. The van der Waals surface area contributed by atoms with Crippen molar-refractivity contribution in [2.45, 2.75) is 18.7 Å². The third kappa shape index (κ3) is 1.48. The molecule has 0 amide bonds. The molecular weight excluding hydrogens is 132 g/mol. The predicted octanol–water partition coefficient (Wildman–Crippen LogP) is 1.72. The molecule has 1 aromatic heterocycles. The molecule has 0 fully saturated rings. The van der Waals surface area contributed by atoms with E-state index >= 15 is 0 Å². The topological polar surface area (TPSA) is 17.8 Å². The molecule has 0 saturated carbocycles. The van der Waals surface area contributed by atoms with Gasteiger partial charge in [-0.2, -0.15) is 12.6 Å². The number of aromatic nitrogens is 2. The van der Waals surface area contributed by atoms with Crippen LogP contribution in [0, 0.1) is 0 Å². The van der Waals surface area contributed by atoms with Gasteiger partial charge in [0, 0.05) is 12.4 Å². The van der Waals surface area contributed by atoms with Crippen molar-refractivity contribution in [1.82, 2.24) is 9.55 Å². The number of hydrogen-bond donors (Lipinski definition) is 1. The van der Waals surface area contributed by atoms with Gasteiger partial charge in [0.25, 0.3) is 0 Å². The summed E-state index contributed by atoms with van der Waals surface area (Å²) in [7, 11) is 0. The van der Waals surface area contributed by atoms with Crippen LogP contribution in [0.2, 0.25) is 0 Å². The largest absolute Gasteiger partial charge is 0.325 e. The van der Waals surface area contributed by atoms with E-state index in [9.17, 15) is 0 Å². The number of nitrogens with zero attached hydrogens (tertiary/aromatic N) is 2. The number of hydrogen-bond acceptors (Lipinski definition) is 2. The third-order valence-corrected chi connectivity index (χ3v) is 1.87.